The van der Waals surface area contributed by atoms with E-state index in [1.54, 1.807) is 35.1 Å². The number of hydrogen-bond donors (Lipinski definition) is 0. The number of carbonyl (C=O) groups excluding carboxylic acids is 1. The molecule has 1 aliphatic rings. The zero-order valence-electron chi connectivity index (χ0n) is 17.6. The van der Waals surface area contributed by atoms with Gasteiger partial charge in [0.15, 0.2) is 17.1 Å². The molecule has 0 amide bonds. The zero-order chi connectivity index (χ0) is 21.7. The van der Waals surface area contributed by atoms with Crippen molar-refractivity contribution in [2.24, 2.45) is 0 Å². The van der Waals surface area contributed by atoms with Gasteiger partial charge in [0.05, 0.1) is 22.8 Å². The Balaban J connectivity index is 1.61. The Hall–Kier alpha value is -3.81. The molecule has 5 rings (SSSR count). The molecule has 1 aliphatic heterocycles. The molecule has 0 aliphatic carbocycles. The minimum absolute atomic E-state index is 0.0742. The van der Waals surface area contributed by atoms with E-state index in [0.29, 0.717) is 39.5 Å². The molecule has 0 spiro atoms. The topological polar surface area (TPSA) is 88.6 Å². The van der Waals surface area contributed by atoms with Crippen molar-refractivity contribution >= 4 is 17.0 Å². The standard InChI is InChI=1S/C23H21N3O5/c1-12(2)26-22-18(10-24-26)17(9-19(25-22)16-7-13(3)30-14(16)4)23(27)31-15-5-6-20-21(8-15)29-11-28-20/h5-10,12H,11H2,1-4H3. The first-order valence-electron chi connectivity index (χ1n) is 9.98. The molecule has 0 unspecified atom stereocenters. The lowest BCUT2D eigenvalue weighted by atomic mass is 10.1. The predicted molar refractivity (Wildman–Crippen MR) is 113 cm³/mol. The second-order valence-corrected chi connectivity index (χ2v) is 7.71. The van der Waals surface area contributed by atoms with E-state index in [4.69, 9.17) is 23.6 Å². The van der Waals surface area contributed by atoms with Crippen LogP contribution >= 0.6 is 0 Å². The summed E-state index contributed by atoms with van der Waals surface area (Å²) in [7, 11) is 0. The Kier molecular flexibility index (Phi) is 4.43. The van der Waals surface area contributed by atoms with Crippen LogP contribution in [0.3, 0.4) is 0 Å². The van der Waals surface area contributed by atoms with Gasteiger partial charge < -0.3 is 18.6 Å². The van der Waals surface area contributed by atoms with Gasteiger partial charge in [0.25, 0.3) is 0 Å². The average molecular weight is 419 g/mol. The second kappa shape index (κ2) is 7.16. The number of nitrogens with zero attached hydrogens (tertiary/aromatic N) is 3. The third-order valence-electron chi connectivity index (χ3n) is 5.15. The number of pyridine rings is 1. The number of rotatable bonds is 4. The van der Waals surface area contributed by atoms with Crippen LogP contribution in [-0.4, -0.2) is 27.5 Å². The van der Waals surface area contributed by atoms with Crippen LogP contribution in [0.4, 0.5) is 0 Å². The summed E-state index contributed by atoms with van der Waals surface area (Å²) < 4.78 is 23.8. The van der Waals surface area contributed by atoms with Gasteiger partial charge in [-0.2, -0.15) is 5.10 Å². The Morgan fingerprint density at radius 3 is 2.68 bits per heavy atom. The molecule has 8 heteroatoms. The summed E-state index contributed by atoms with van der Waals surface area (Å²) in [6.45, 7) is 7.93. The van der Waals surface area contributed by atoms with Crippen molar-refractivity contribution in [3.05, 3.63) is 53.6 Å². The van der Waals surface area contributed by atoms with E-state index in [-0.39, 0.29) is 12.8 Å². The van der Waals surface area contributed by atoms with Gasteiger partial charge in [-0.15, -0.1) is 0 Å². The molecule has 3 aromatic heterocycles. The fourth-order valence-electron chi connectivity index (χ4n) is 3.69. The number of furan rings is 1. The first-order chi connectivity index (χ1) is 14.9. The molecule has 4 heterocycles. The van der Waals surface area contributed by atoms with Crippen LogP contribution in [0.5, 0.6) is 17.2 Å². The molecule has 0 fully saturated rings. The molecule has 1 aromatic carbocycles. The van der Waals surface area contributed by atoms with Crippen LogP contribution in [0, 0.1) is 13.8 Å². The maximum atomic E-state index is 13.2. The minimum atomic E-state index is -0.506. The van der Waals surface area contributed by atoms with Crippen molar-refractivity contribution < 1.29 is 23.4 Å². The number of esters is 1. The third-order valence-corrected chi connectivity index (χ3v) is 5.15. The Labute approximate surface area is 178 Å². The third kappa shape index (κ3) is 3.30. The van der Waals surface area contributed by atoms with E-state index >= 15 is 0 Å². The van der Waals surface area contributed by atoms with E-state index in [2.05, 4.69) is 5.10 Å². The number of carbonyl (C=O) groups is 1. The first kappa shape index (κ1) is 19.2. The fourth-order valence-corrected chi connectivity index (χ4v) is 3.69. The lowest BCUT2D eigenvalue weighted by molar-refractivity contribution is 0.0736. The highest BCUT2D eigenvalue weighted by Crippen LogP contribution is 2.36. The van der Waals surface area contributed by atoms with Crippen molar-refractivity contribution in [3.8, 4) is 28.5 Å². The van der Waals surface area contributed by atoms with Crippen molar-refractivity contribution in [2.45, 2.75) is 33.7 Å². The lowest BCUT2D eigenvalue weighted by Gasteiger charge is -2.10. The van der Waals surface area contributed by atoms with Crippen molar-refractivity contribution in [1.82, 2.24) is 14.8 Å². The van der Waals surface area contributed by atoms with Crippen molar-refractivity contribution in [3.63, 3.8) is 0 Å². The smallest absolute Gasteiger partial charge is 0.344 e. The van der Waals surface area contributed by atoms with Crippen LogP contribution in [0.15, 0.2) is 40.9 Å². The van der Waals surface area contributed by atoms with Crippen LogP contribution < -0.4 is 14.2 Å². The summed E-state index contributed by atoms with van der Waals surface area (Å²) in [5, 5.41) is 5.07. The summed E-state index contributed by atoms with van der Waals surface area (Å²) in [6.07, 6.45) is 1.65. The van der Waals surface area contributed by atoms with Gasteiger partial charge in [-0.3, -0.25) is 0 Å². The zero-order valence-corrected chi connectivity index (χ0v) is 17.6. The SMILES string of the molecule is Cc1cc(-c2cc(C(=O)Oc3ccc4c(c3)OCO4)c3cnn(C(C)C)c3n2)c(C)o1. The number of aryl methyl sites for hydroxylation is 2. The molecule has 0 bridgehead atoms. The van der Waals surface area contributed by atoms with Gasteiger partial charge in [0.1, 0.15) is 17.3 Å². The Morgan fingerprint density at radius 2 is 1.94 bits per heavy atom. The largest absolute Gasteiger partial charge is 0.466 e. The van der Waals surface area contributed by atoms with E-state index < -0.39 is 5.97 Å². The molecular formula is C23H21N3O5. The van der Waals surface area contributed by atoms with E-state index in [1.807, 2.05) is 33.8 Å². The molecule has 31 heavy (non-hydrogen) atoms. The Bertz CT molecular complexity index is 1320. The van der Waals surface area contributed by atoms with Gasteiger partial charge in [0.2, 0.25) is 6.79 Å². The summed E-state index contributed by atoms with van der Waals surface area (Å²) >= 11 is 0. The molecule has 8 nitrogen and oxygen atoms in total. The normalized spacial score (nSPS) is 12.7. The van der Waals surface area contributed by atoms with Gasteiger partial charge in [-0.05, 0) is 52.0 Å². The maximum absolute atomic E-state index is 13.2. The van der Waals surface area contributed by atoms with E-state index in [1.165, 1.54) is 0 Å². The molecule has 0 radical (unpaired) electrons. The number of benzene rings is 1. The van der Waals surface area contributed by atoms with Crippen molar-refractivity contribution in [1.29, 1.82) is 0 Å². The minimum Gasteiger partial charge on any atom is -0.466 e. The number of aromatic nitrogens is 3. The summed E-state index contributed by atoms with van der Waals surface area (Å²) in [6, 6.07) is 8.73. The molecule has 0 saturated heterocycles. The predicted octanol–water partition coefficient (Wildman–Crippen LogP) is 4.84. The molecule has 158 valence electrons. The maximum Gasteiger partial charge on any atom is 0.344 e. The van der Waals surface area contributed by atoms with E-state index in [9.17, 15) is 4.79 Å². The van der Waals surface area contributed by atoms with Crippen LogP contribution in [0.2, 0.25) is 0 Å². The first-order valence-corrected chi connectivity index (χ1v) is 9.98. The van der Waals surface area contributed by atoms with Gasteiger partial charge >= 0.3 is 5.97 Å². The summed E-state index contributed by atoms with van der Waals surface area (Å²) in [5.41, 5.74) is 2.45. The van der Waals surface area contributed by atoms with Crippen molar-refractivity contribution in [2.75, 3.05) is 6.79 Å². The van der Waals surface area contributed by atoms with Gasteiger partial charge in [0, 0.05) is 17.7 Å². The second-order valence-electron chi connectivity index (χ2n) is 7.71. The highest BCUT2D eigenvalue weighted by Gasteiger charge is 2.22. The quantitative estimate of drug-likeness (QED) is 0.345. The van der Waals surface area contributed by atoms with Gasteiger partial charge in [-0.1, -0.05) is 0 Å². The number of hydrogen-bond acceptors (Lipinski definition) is 7. The summed E-state index contributed by atoms with van der Waals surface area (Å²) in [5.74, 6) is 2.53. The average Bonchev–Trinajstić information content (AvgIpc) is 3.44. The summed E-state index contributed by atoms with van der Waals surface area (Å²) in [4.78, 5) is 18.0. The monoisotopic (exact) mass is 419 g/mol. The van der Waals surface area contributed by atoms with Crippen LogP contribution in [0.1, 0.15) is 41.8 Å². The fraction of sp³-hybridized carbons (Fsp3) is 0.261. The molecule has 0 N–H and O–H groups in total. The van der Waals surface area contributed by atoms with Gasteiger partial charge in [-0.25, -0.2) is 14.5 Å². The molecular weight excluding hydrogens is 398 g/mol. The van der Waals surface area contributed by atoms with Crippen LogP contribution in [0.25, 0.3) is 22.3 Å². The molecule has 0 atom stereocenters. The van der Waals surface area contributed by atoms with Crippen LogP contribution in [-0.2, 0) is 0 Å². The number of fused-ring (bicyclic) bond motifs is 2. The molecule has 0 saturated carbocycles. The van der Waals surface area contributed by atoms with E-state index in [0.717, 1.165) is 17.1 Å². The highest BCUT2D eigenvalue weighted by atomic mass is 16.7. The lowest BCUT2D eigenvalue weighted by Crippen LogP contribution is -2.11. The number of ether oxygens (including phenoxy) is 3. The Morgan fingerprint density at radius 1 is 1.13 bits per heavy atom. The highest BCUT2D eigenvalue weighted by molar-refractivity contribution is 6.04. The molecule has 4 aromatic rings.